The lowest BCUT2D eigenvalue weighted by Gasteiger charge is -2.13. The Hall–Kier alpha value is -3.85. The van der Waals surface area contributed by atoms with E-state index < -0.39 is 0 Å². The molecular formula is C23H18BrN7O. The van der Waals surface area contributed by atoms with Gasteiger partial charge in [0.1, 0.15) is 12.7 Å². The summed E-state index contributed by atoms with van der Waals surface area (Å²) in [6.07, 6.45) is 3.04. The van der Waals surface area contributed by atoms with Crippen molar-refractivity contribution < 1.29 is 4.79 Å². The number of rotatable bonds is 4. The Morgan fingerprint density at radius 2 is 1.91 bits per heavy atom. The zero-order valence-corrected chi connectivity index (χ0v) is 18.9. The Bertz CT molecular complexity index is 1440. The van der Waals surface area contributed by atoms with Crippen LogP contribution in [0.4, 0.5) is 5.69 Å². The van der Waals surface area contributed by atoms with E-state index in [4.69, 9.17) is 4.98 Å². The molecule has 8 nitrogen and oxygen atoms in total. The molecule has 0 unspecified atom stereocenters. The van der Waals surface area contributed by atoms with Crippen LogP contribution in [0.15, 0.2) is 71.7 Å². The molecule has 5 aromatic rings. The second kappa shape index (κ2) is 8.01. The predicted molar refractivity (Wildman–Crippen MR) is 126 cm³/mol. The summed E-state index contributed by atoms with van der Waals surface area (Å²) >= 11 is 3.48. The molecule has 0 saturated heterocycles. The summed E-state index contributed by atoms with van der Waals surface area (Å²) < 4.78 is 4.14. The van der Waals surface area contributed by atoms with E-state index in [1.165, 1.54) is 6.33 Å². The largest absolute Gasteiger partial charge is 0.320 e. The molecule has 158 valence electrons. The Kier molecular flexibility index (Phi) is 5.02. The van der Waals surface area contributed by atoms with Crippen molar-refractivity contribution >= 4 is 38.6 Å². The number of carbonyl (C=O) groups excluding carboxylic acids is 1. The lowest BCUT2D eigenvalue weighted by atomic mass is 10.0. The monoisotopic (exact) mass is 487 g/mol. The van der Waals surface area contributed by atoms with Gasteiger partial charge in [-0.3, -0.25) is 9.48 Å². The molecule has 0 fully saturated rings. The van der Waals surface area contributed by atoms with Crippen molar-refractivity contribution in [1.29, 1.82) is 0 Å². The zero-order chi connectivity index (χ0) is 22.2. The summed E-state index contributed by atoms with van der Waals surface area (Å²) in [5.41, 5.74) is 4.83. The Balaban J connectivity index is 1.64. The maximum Gasteiger partial charge on any atom is 0.256 e. The number of hydrogen-bond acceptors (Lipinski definition) is 5. The van der Waals surface area contributed by atoms with Crippen LogP contribution in [0.2, 0.25) is 0 Å². The molecule has 0 spiro atoms. The molecule has 0 aliphatic heterocycles. The van der Waals surface area contributed by atoms with Crippen molar-refractivity contribution in [1.82, 2.24) is 29.5 Å². The highest BCUT2D eigenvalue weighted by Crippen LogP contribution is 2.29. The van der Waals surface area contributed by atoms with Crippen LogP contribution in [0.3, 0.4) is 0 Å². The van der Waals surface area contributed by atoms with E-state index in [9.17, 15) is 4.79 Å². The molecule has 0 saturated carbocycles. The number of halogens is 1. The van der Waals surface area contributed by atoms with E-state index >= 15 is 0 Å². The average molecular weight is 488 g/mol. The van der Waals surface area contributed by atoms with E-state index in [1.54, 1.807) is 15.7 Å². The smallest absolute Gasteiger partial charge is 0.256 e. The van der Waals surface area contributed by atoms with E-state index in [-0.39, 0.29) is 5.91 Å². The van der Waals surface area contributed by atoms with Gasteiger partial charge in [0.05, 0.1) is 33.7 Å². The fourth-order valence-electron chi connectivity index (χ4n) is 3.71. The third kappa shape index (κ3) is 3.56. The zero-order valence-electron chi connectivity index (χ0n) is 17.3. The Morgan fingerprint density at radius 3 is 2.66 bits per heavy atom. The normalized spacial score (nSPS) is 11.1. The summed E-state index contributed by atoms with van der Waals surface area (Å²) in [7, 11) is 1.83. The van der Waals surface area contributed by atoms with Gasteiger partial charge in [-0.2, -0.15) is 10.2 Å². The Labute approximate surface area is 192 Å². The molecule has 3 aromatic heterocycles. The first-order valence-electron chi connectivity index (χ1n) is 9.87. The fourth-order valence-corrected chi connectivity index (χ4v) is 4.07. The molecule has 1 amide bonds. The van der Waals surface area contributed by atoms with Crippen LogP contribution in [0.5, 0.6) is 0 Å². The highest BCUT2D eigenvalue weighted by molar-refractivity contribution is 9.10. The minimum atomic E-state index is -0.259. The summed E-state index contributed by atoms with van der Waals surface area (Å²) in [6.45, 7) is 1.88. The van der Waals surface area contributed by atoms with Crippen molar-refractivity contribution in [2.75, 3.05) is 5.32 Å². The van der Waals surface area contributed by atoms with Crippen LogP contribution in [-0.2, 0) is 7.05 Å². The van der Waals surface area contributed by atoms with Crippen LogP contribution in [0.25, 0.3) is 28.0 Å². The van der Waals surface area contributed by atoms with Crippen LogP contribution in [0, 0.1) is 6.92 Å². The number of aromatic nitrogens is 6. The van der Waals surface area contributed by atoms with E-state index in [1.807, 2.05) is 68.6 Å². The number of hydrogen-bond donors (Lipinski definition) is 1. The number of anilines is 1. The van der Waals surface area contributed by atoms with Gasteiger partial charge in [-0.05, 0) is 31.2 Å². The summed E-state index contributed by atoms with van der Waals surface area (Å²) in [6, 6.07) is 17.2. The van der Waals surface area contributed by atoms with Crippen LogP contribution >= 0.6 is 15.9 Å². The number of nitrogens with zero attached hydrogens (tertiary/aromatic N) is 6. The minimum absolute atomic E-state index is 0.259. The summed E-state index contributed by atoms with van der Waals surface area (Å²) in [5.74, 6) is -0.259. The van der Waals surface area contributed by atoms with Crippen molar-refractivity contribution in [2.45, 2.75) is 6.92 Å². The lowest BCUT2D eigenvalue weighted by Crippen LogP contribution is -2.15. The van der Waals surface area contributed by atoms with Gasteiger partial charge in [-0.1, -0.05) is 46.3 Å². The maximum absolute atomic E-state index is 13.6. The van der Waals surface area contributed by atoms with Crippen molar-refractivity contribution in [3.63, 3.8) is 0 Å². The van der Waals surface area contributed by atoms with Gasteiger partial charge in [0.15, 0.2) is 5.65 Å². The molecule has 0 aliphatic carbocycles. The third-order valence-electron chi connectivity index (χ3n) is 5.16. The van der Waals surface area contributed by atoms with Crippen LogP contribution in [0.1, 0.15) is 16.1 Å². The molecular weight excluding hydrogens is 470 g/mol. The maximum atomic E-state index is 13.6. The van der Waals surface area contributed by atoms with Gasteiger partial charge in [-0.25, -0.2) is 14.6 Å². The van der Waals surface area contributed by atoms with E-state index in [0.29, 0.717) is 28.3 Å². The van der Waals surface area contributed by atoms with Crippen LogP contribution in [-0.4, -0.2) is 35.4 Å². The molecule has 1 N–H and O–H groups in total. The van der Waals surface area contributed by atoms with E-state index in [2.05, 4.69) is 36.4 Å². The second-order valence-electron chi connectivity index (χ2n) is 7.28. The second-order valence-corrected chi connectivity index (χ2v) is 8.20. The number of nitrogens with one attached hydrogen (secondary N) is 1. The number of pyridine rings is 1. The molecule has 32 heavy (non-hydrogen) atoms. The predicted octanol–water partition coefficient (Wildman–Crippen LogP) is 4.54. The highest BCUT2D eigenvalue weighted by Gasteiger charge is 2.20. The lowest BCUT2D eigenvalue weighted by molar-refractivity contribution is 0.102. The van der Waals surface area contributed by atoms with Crippen molar-refractivity contribution in [3.8, 4) is 16.9 Å². The van der Waals surface area contributed by atoms with Crippen molar-refractivity contribution in [2.24, 2.45) is 7.05 Å². The highest BCUT2D eigenvalue weighted by atomic mass is 79.9. The van der Waals surface area contributed by atoms with Gasteiger partial charge in [0.2, 0.25) is 0 Å². The quantitative estimate of drug-likeness (QED) is 0.401. The SMILES string of the molecule is Cc1nn(C)c2nc(-c3ccccc3)cc(C(=O)Nc3cc(Br)ccc3-n3cncn3)c12. The third-order valence-corrected chi connectivity index (χ3v) is 5.65. The first kappa shape index (κ1) is 20.1. The number of fused-ring (bicyclic) bond motifs is 1. The molecule has 5 rings (SSSR count). The molecule has 9 heteroatoms. The average Bonchev–Trinajstić information content (AvgIpc) is 3.42. The number of carbonyl (C=O) groups is 1. The summed E-state index contributed by atoms with van der Waals surface area (Å²) in [4.78, 5) is 22.4. The minimum Gasteiger partial charge on any atom is -0.320 e. The molecule has 0 aliphatic rings. The number of aryl methyl sites for hydroxylation is 2. The van der Waals surface area contributed by atoms with Gasteiger partial charge < -0.3 is 5.32 Å². The van der Waals surface area contributed by atoms with Crippen LogP contribution < -0.4 is 5.32 Å². The molecule has 0 atom stereocenters. The molecule has 0 bridgehead atoms. The first-order chi connectivity index (χ1) is 15.5. The fraction of sp³-hybridized carbons (Fsp3) is 0.0870. The van der Waals surface area contributed by atoms with Gasteiger partial charge in [0, 0.05) is 17.1 Å². The first-order valence-corrected chi connectivity index (χ1v) is 10.7. The number of benzene rings is 2. The standard InChI is InChI=1S/C23H18BrN7O/c1-14-21-17(11-18(15-6-4-3-5-7-15)27-22(21)30(2)29-14)23(32)28-19-10-16(24)8-9-20(19)31-13-25-12-26-31/h3-13H,1-2H3,(H,28,32). The van der Waals surface area contributed by atoms with Gasteiger partial charge >= 0.3 is 0 Å². The Morgan fingerprint density at radius 1 is 1.09 bits per heavy atom. The topological polar surface area (TPSA) is 90.5 Å². The molecule has 2 aromatic carbocycles. The molecule has 0 radical (unpaired) electrons. The van der Waals surface area contributed by atoms with Crippen molar-refractivity contribution in [3.05, 3.63) is 83.0 Å². The molecule has 3 heterocycles. The van der Waals surface area contributed by atoms with E-state index in [0.717, 1.165) is 21.1 Å². The van der Waals surface area contributed by atoms with Gasteiger partial charge in [0.25, 0.3) is 5.91 Å². The number of amides is 1. The summed E-state index contributed by atoms with van der Waals surface area (Å²) in [5, 5.41) is 12.5. The van der Waals surface area contributed by atoms with Gasteiger partial charge in [-0.15, -0.1) is 0 Å².